The zero-order valence-electron chi connectivity index (χ0n) is 12.1. The van der Waals surface area contributed by atoms with Gasteiger partial charge in [-0.15, -0.1) is 0 Å². The molecule has 0 amide bonds. The van der Waals surface area contributed by atoms with Crippen LogP contribution in [-0.4, -0.2) is 36.1 Å². The molecule has 21 heavy (non-hydrogen) atoms. The van der Waals surface area contributed by atoms with Crippen molar-refractivity contribution in [1.82, 2.24) is 4.90 Å². The van der Waals surface area contributed by atoms with Gasteiger partial charge in [0.15, 0.2) is 5.75 Å². The number of hydrogen-bond acceptors (Lipinski definition) is 5. The molecule has 1 aromatic carbocycles. The van der Waals surface area contributed by atoms with Crippen LogP contribution in [0.15, 0.2) is 18.2 Å². The summed E-state index contributed by atoms with van der Waals surface area (Å²) in [6.07, 6.45) is 4.46. The number of piperidine rings is 1. The molecule has 1 aliphatic rings. The second-order valence-electron chi connectivity index (χ2n) is 5.32. The third-order valence-corrected chi connectivity index (χ3v) is 3.91. The van der Waals surface area contributed by atoms with E-state index in [9.17, 15) is 10.1 Å². The van der Waals surface area contributed by atoms with Crippen molar-refractivity contribution in [2.24, 2.45) is 0 Å². The number of nitriles is 1. The Morgan fingerprint density at radius 3 is 3.00 bits per heavy atom. The molecule has 1 heterocycles. The van der Waals surface area contributed by atoms with E-state index in [1.165, 1.54) is 31.0 Å². The Morgan fingerprint density at radius 2 is 2.33 bits per heavy atom. The molecule has 0 radical (unpaired) electrons. The maximum Gasteiger partial charge on any atom is 0.312 e. The van der Waals surface area contributed by atoms with Gasteiger partial charge in [-0.1, -0.05) is 6.42 Å². The average Bonchev–Trinajstić information content (AvgIpc) is 2.49. The van der Waals surface area contributed by atoms with Crippen LogP contribution >= 0.6 is 0 Å². The van der Waals surface area contributed by atoms with Crippen molar-refractivity contribution in [3.63, 3.8) is 0 Å². The summed E-state index contributed by atoms with van der Waals surface area (Å²) < 4.78 is 5.57. The van der Waals surface area contributed by atoms with Crippen molar-refractivity contribution in [2.75, 3.05) is 20.2 Å². The van der Waals surface area contributed by atoms with E-state index in [2.05, 4.69) is 11.9 Å². The molecule has 0 N–H and O–H groups in total. The van der Waals surface area contributed by atoms with Crippen LogP contribution in [0.5, 0.6) is 5.75 Å². The van der Waals surface area contributed by atoms with Crippen molar-refractivity contribution >= 4 is 5.69 Å². The summed E-state index contributed by atoms with van der Waals surface area (Å²) in [6.45, 7) is 1.55. The van der Waals surface area contributed by atoms with Gasteiger partial charge < -0.3 is 9.64 Å². The molecule has 0 spiro atoms. The third-order valence-electron chi connectivity index (χ3n) is 3.91. The van der Waals surface area contributed by atoms with Crippen molar-refractivity contribution < 1.29 is 9.66 Å². The van der Waals surface area contributed by atoms with E-state index in [4.69, 9.17) is 10.00 Å². The molecule has 1 aliphatic heterocycles. The van der Waals surface area contributed by atoms with E-state index in [1.54, 1.807) is 0 Å². The van der Waals surface area contributed by atoms with Gasteiger partial charge in [0.2, 0.25) is 0 Å². The van der Waals surface area contributed by atoms with Crippen LogP contribution in [0.1, 0.15) is 31.2 Å². The van der Waals surface area contributed by atoms with Crippen LogP contribution in [0.2, 0.25) is 0 Å². The normalized spacial score (nSPS) is 19.0. The molecule has 1 atom stereocenters. The maximum atomic E-state index is 11.0. The number of hydrogen-bond donors (Lipinski definition) is 0. The monoisotopic (exact) mass is 289 g/mol. The predicted molar refractivity (Wildman–Crippen MR) is 78.2 cm³/mol. The summed E-state index contributed by atoms with van der Waals surface area (Å²) in [4.78, 5) is 12.8. The summed E-state index contributed by atoms with van der Waals surface area (Å²) in [7, 11) is 2.11. The van der Waals surface area contributed by atoms with Gasteiger partial charge in [-0.2, -0.15) is 5.26 Å². The van der Waals surface area contributed by atoms with Crippen LogP contribution in [0.25, 0.3) is 0 Å². The van der Waals surface area contributed by atoms with Crippen LogP contribution in [0, 0.1) is 21.4 Å². The minimum atomic E-state index is -0.511. The minimum Gasteiger partial charge on any atom is -0.487 e. The topological polar surface area (TPSA) is 79.4 Å². The molecular weight excluding hydrogens is 270 g/mol. The quantitative estimate of drug-likeness (QED) is 0.615. The maximum absolute atomic E-state index is 11.0. The fourth-order valence-electron chi connectivity index (χ4n) is 2.67. The number of nitrogens with zero attached hydrogens (tertiary/aromatic N) is 3. The Kier molecular flexibility index (Phi) is 5.12. The average molecular weight is 289 g/mol. The highest BCUT2D eigenvalue weighted by Crippen LogP contribution is 2.28. The van der Waals surface area contributed by atoms with Gasteiger partial charge in [0.25, 0.3) is 0 Å². The zero-order valence-corrected chi connectivity index (χ0v) is 12.1. The molecule has 0 aromatic heterocycles. The second-order valence-corrected chi connectivity index (χ2v) is 5.32. The Labute approximate surface area is 124 Å². The van der Waals surface area contributed by atoms with Gasteiger partial charge in [-0.05, 0) is 45.0 Å². The number of nitro groups is 1. The molecule has 1 saturated heterocycles. The highest BCUT2D eigenvalue weighted by Gasteiger charge is 2.20. The zero-order chi connectivity index (χ0) is 15.2. The van der Waals surface area contributed by atoms with Crippen molar-refractivity contribution in [1.29, 1.82) is 5.26 Å². The molecule has 2 rings (SSSR count). The number of likely N-dealkylation sites (tertiary alicyclic amines) is 1. The first-order valence-electron chi connectivity index (χ1n) is 7.13. The van der Waals surface area contributed by atoms with Crippen LogP contribution in [0.4, 0.5) is 5.69 Å². The van der Waals surface area contributed by atoms with E-state index in [1.807, 2.05) is 6.07 Å². The first kappa shape index (κ1) is 15.3. The lowest BCUT2D eigenvalue weighted by atomic mass is 10.0. The van der Waals surface area contributed by atoms with E-state index in [-0.39, 0.29) is 17.0 Å². The lowest BCUT2D eigenvalue weighted by Gasteiger charge is -2.32. The van der Waals surface area contributed by atoms with E-state index < -0.39 is 4.92 Å². The van der Waals surface area contributed by atoms with Crippen molar-refractivity contribution in [3.05, 3.63) is 33.9 Å². The molecule has 0 saturated carbocycles. The molecule has 112 valence electrons. The Bertz CT molecular complexity index is 554. The van der Waals surface area contributed by atoms with Crippen molar-refractivity contribution in [3.8, 4) is 11.8 Å². The van der Waals surface area contributed by atoms with Crippen LogP contribution < -0.4 is 4.74 Å². The molecule has 1 unspecified atom stereocenters. The number of nitro benzene ring substituents is 1. The first-order chi connectivity index (χ1) is 10.1. The largest absolute Gasteiger partial charge is 0.487 e. The van der Waals surface area contributed by atoms with Gasteiger partial charge in [-0.3, -0.25) is 10.1 Å². The van der Waals surface area contributed by atoms with Gasteiger partial charge in [-0.25, -0.2) is 0 Å². The molecule has 1 fully saturated rings. The molecular formula is C15H19N3O3. The van der Waals surface area contributed by atoms with Gasteiger partial charge in [0.05, 0.1) is 23.2 Å². The standard InChI is InChI=1S/C15H19N3O3/c1-17-8-3-2-4-13(17)7-9-21-15-6-5-12(11-16)10-14(15)18(19)20/h5-6,10,13H,2-4,7-9H2,1H3. The van der Waals surface area contributed by atoms with Gasteiger partial charge in [0.1, 0.15) is 0 Å². The molecule has 0 aliphatic carbocycles. The summed E-state index contributed by atoms with van der Waals surface area (Å²) in [6, 6.07) is 6.67. The van der Waals surface area contributed by atoms with Gasteiger partial charge in [0, 0.05) is 12.1 Å². The summed E-state index contributed by atoms with van der Waals surface area (Å²) in [5, 5.41) is 19.8. The van der Waals surface area contributed by atoms with Crippen LogP contribution in [0.3, 0.4) is 0 Å². The molecule has 1 aromatic rings. The minimum absolute atomic E-state index is 0.147. The Hall–Kier alpha value is -2.13. The summed E-state index contributed by atoms with van der Waals surface area (Å²) >= 11 is 0. The van der Waals surface area contributed by atoms with E-state index in [0.717, 1.165) is 19.4 Å². The summed E-state index contributed by atoms with van der Waals surface area (Å²) in [5.41, 5.74) is 0.118. The number of ether oxygens (including phenoxy) is 1. The summed E-state index contributed by atoms with van der Waals surface area (Å²) in [5.74, 6) is 0.234. The van der Waals surface area contributed by atoms with E-state index >= 15 is 0 Å². The first-order valence-corrected chi connectivity index (χ1v) is 7.13. The third kappa shape index (κ3) is 3.92. The van der Waals surface area contributed by atoms with E-state index in [0.29, 0.717) is 12.6 Å². The van der Waals surface area contributed by atoms with Crippen molar-refractivity contribution in [2.45, 2.75) is 31.7 Å². The highest BCUT2D eigenvalue weighted by atomic mass is 16.6. The fraction of sp³-hybridized carbons (Fsp3) is 0.533. The lowest BCUT2D eigenvalue weighted by Crippen LogP contribution is -2.37. The Balaban J connectivity index is 1.96. The SMILES string of the molecule is CN1CCCCC1CCOc1ccc(C#N)cc1[N+](=O)[O-]. The predicted octanol–water partition coefficient (Wildman–Crippen LogP) is 2.72. The number of benzene rings is 1. The molecule has 6 heteroatoms. The second kappa shape index (κ2) is 7.04. The highest BCUT2D eigenvalue weighted by molar-refractivity contribution is 5.51. The fourth-order valence-corrected chi connectivity index (χ4v) is 2.67. The molecule has 0 bridgehead atoms. The lowest BCUT2D eigenvalue weighted by molar-refractivity contribution is -0.385. The number of rotatable bonds is 5. The molecule has 6 nitrogen and oxygen atoms in total. The Morgan fingerprint density at radius 1 is 1.52 bits per heavy atom. The van der Waals surface area contributed by atoms with Gasteiger partial charge >= 0.3 is 5.69 Å². The van der Waals surface area contributed by atoms with Crippen LogP contribution in [-0.2, 0) is 0 Å². The smallest absolute Gasteiger partial charge is 0.312 e.